The van der Waals surface area contributed by atoms with Gasteiger partial charge in [-0.3, -0.25) is 0 Å². The zero-order chi connectivity index (χ0) is 24.0. The molecule has 0 aliphatic rings. The molecule has 4 aromatic carbocycles. The summed E-state index contributed by atoms with van der Waals surface area (Å²) in [5.41, 5.74) is 5.49. The molecule has 0 radical (unpaired) electrons. The second-order valence-electron chi connectivity index (χ2n) is 8.70. The van der Waals surface area contributed by atoms with Crippen molar-refractivity contribution in [1.82, 2.24) is 8.54 Å². The summed E-state index contributed by atoms with van der Waals surface area (Å²) in [6.07, 6.45) is 0. The van der Waals surface area contributed by atoms with Gasteiger partial charge in [-0.25, -0.2) is 12.4 Å². The van der Waals surface area contributed by atoms with E-state index in [1.165, 1.54) is 0 Å². The van der Waals surface area contributed by atoms with Crippen molar-refractivity contribution in [3.8, 4) is 11.3 Å². The van der Waals surface area contributed by atoms with Crippen LogP contribution in [0.3, 0.4) is 0 Å². The first-order valence-electron chi connectivity index (χ1n) is 11.6. The van der Waals surface area contributed by atoms with Gasteiger partial charge in [-0.2, -0.15) is 0 Å². The van der Waals surface area contributed by atoms with E-state index >= 15 is 0 Å². The molecule has 4 nitrogen and oxygen atoms in total. The van der Waals surface area contributed by atoms with Gasteiger partial charge >= 0.3 is 0 Å². The molecule has 6 rings (SSSR count). The minimum atomic E-state index is -3.85. The van der Waals surface area contributed by atoms with Gasteiger partial charge in [-0.1, -0.05) is 97.1 Å². The number of para-hydroxylation sites is 1. The van der Waals surface area contributed by atoms with Crippen LogP contribution in [0.2, 0.25) is 0 Å². The van der Waals surface area contributed by atoms with Crippen LogP contribution in [0.4, 0.5) is 0 Å². The first kappa shape index (κ1) is 21.4. The molecule has 2 aromatic heterocycles. The van der Waals surface area contributed by atoms with Crippen molar-refractivity contribution in [1.29, 1.82) is 0 Å². The van der Waals surface area contributed by atoms with E-state index in [0.717, 1.165) is 38.8 Å². The van der Waals surface area contributed by atoms with E-state index in [-0.39, 0.29) is 4.90 Å². The van der Waals surface area contributed by atoms with Gasteiger partial charge in [0.05, 0.1) is 21.6 Å². The molecule has 0 amide bonds. The third kappa shape index (κ3) is 3.39. The van der Waals surface area contributed by atoms with Crippen LogP contribution in [0.5, 0.6) is 0 Å². The normalized spacial score (nSPS) is 11.9. The molecule has 0 atom stereocenters. The van der Waals surface area contributed by atoms with Gasteiger partial charge in [0.2, 0.25) is 0 Å². The summed E-state index contributed by atoms with van der Waals surface area (Å²) in [6.45, 7) is 2.73. The van der Waals surface area contributed by atoms with Crippen molar-refractivity contribution in [3.63, 3.8) is 0 Å². The Kier molecular flexibility index (Phi) is 5.08. The topological polar surface area (TPSA) is 44.0 Å². The lowest BCUT2D eigenvalue weighted by molar-refractivity contribution is 0.590. The van der Waals surface area contributed by atoms with Gasteiger partial charge in [0, 0.05) is 28.6 Å². The highest BCUT2D eigenvalue weighted by Crippen LogP contribution is 2.42. The van der Waals surface area contributed by atoms with E-state index in [9.17, 15) is 8.42 Å². The molecule has 0 aliphatic carbocycles. The van der Waals surface area contributed by atoms with Gasteiger partial charge in [-0.05, 0) is 30.7 Å². The number of fused-ring (bicyclic) bond motifs is 3. The Balaban J connectivity index is 1.78. The predicted octanol–water partition coefficient (Wildman–Crippen LogP) is 6.86. The molecular weight excluding hydrogens is 452 g/mol. The monoisotopic (exact) mass is 476 g/mol. The summed E-state index contributed by atoms with van der Waals surface area (Å²) in [5, 5.41) is 1.90. The lowest BCUT2D eigenvalue weighted by Crippen LogP contribution is -2.13. The number of aryl methyl sites for hydroxylation is 1. The van der Waals surface area contributed by atoms with Crippen LogP contribution in [0.1, 0.15) is 11.3 Å². The van der Waals surface area contributed by atoms with Crippen LogP contribution in [0.15, 0.2) is 120 Å². The fourth-order valence-corrected chi connectivity index (χ4v) is 6.57. The molecule has 0 spiro atoms. The van der Waals surface area contributed by atoms with Gasteiger partial charge < -0.3 is 4.57 Å². The van der Waals surface area contributed by atoms with Crippen LogP contribution < -0.4 is 0 Å². The minimum absolute atomic E-state index is 0.273. The summed E-state index contributed by atoms with van der Waals surface area (Å²) < 4.78 is 32.1. The Labute approximate surface area is 204 Å². The fourth-order valence-electron chi connectivity index (χ4n) is 5.02. The van der Waals surface area contributed by atoms with Crippen molar-refractivity contribution >= 4 is 31.8 Å². The summed E-state index contributed by atoms with van der Waals surface area (Å²) >= 11 is 0. The average Bonchev–Trinajstić information content (AvgIpc) is 3.38. The first-order chi connectivity index (χ1) is 17.1. The smallest absolute Gasteiger partial charge is 0.268 e. The Morgan fingerprint density at radius 3 is 1.94 bits per heavy atom. The van der Waals surface area contributed by atoms with Crippen molar-refractivity contribution in [2.24, 2.45) is 0 Å². The number of hydrogen-bond donors (Lipinski definition) is 0. The van der Waals surface area contributed by atoms with Gasteiger partial charge in [-0.15, -0.1) is 0 Å². The van der Waals surface area contributed by atoms with E-state index in [1.807, 2.05) is 78.9 Å². The quantitative estimate of drug-likeness (QED) is 0.273. The first-order valence-corrected chi connectivity index (χ1v) is 13.0. The zero-order valence-electron chi connectivity index (χ0n) is 19.3. The number of hydrogen-bond acceptors (Lipinski definition) is 2. The predicted molar refractivity (Wildman–Crippen MR) is 142 cm³/mol. The maximum Gasteiger partial charge on any atom is 0.268 e. The number of nitrogens with zero attached hydrogens (tertiary/aromatic N) is 2. The van der Waals surface area contributed by atoms with Gasteiger partial charge in [0.15, 0.2) is 0 Å². The Hall–Kier alpha value is -4.09. The number of benzene rings is 4. The van der Waals surface area contributed by atoms with E-state index in [1.54, 1.807) is 28.2 Å². The Morgan fingerprint density at radius 2 is 1.26 bits per heavy atom. The molecule has 0 N–H and O–H groups in total. The summed E-state index contributed by atoms with van der Waals surface area (Å²) in [5.74, 6) is 0. The number of rotatable bonds is 5. The van der Waals surface area contributed by atoms with Gasteiger partial charge in [0.25, 0.3) is 10.0 Å². The summed E-state index contributed by atoms with van der Waals surface area (Å²) in [4.78, 5) is 0.273. The second kappa shape index (κ2) is 8.29. The molecule has 5 heteroatoms. The van der Waals surface area contributed by atoms with Gasteiger partial charge in [0.1, 0.15) is 0 Å². The maximum absolute atomic E-state index is 14.1. The molecule has 172 valence electrons. The molecule has 2 heterocycles. The Bertz CT molecular complexity index is 1770. The van der Waals surface area contributed by atoms with Crippen LogP contribution in [-0.2, 0) is 16.6 Å². The van der Waals surface area contributed by atoms with Crippen molar-refractivity contribution in [3.05, 3.63) is 127 Å². The highest BCUT2D eigenvalue weighted by Gasteiger charge is 2.29. The molecule has 0 saturated heterocycles. The highest BCUT2D eigenvalue weighted by molar-refractivity contribution is 7.90. The lowest BCUT2D eigenvalue weighted by Gasteiger charge is -2.15. The van der Waals surface area contributed by atoms with Crippen molar-refractivity contribution < 1.29 is 8.42 Å². The molecule has 0 bridgehead atoms. The molecule has 6 aromatic rings. The maximum atomic E-state index is 14.1. The van der Waals surface area contributed by atoms with E-state index in [4.69, 9.17) is 0 Å². The second-order valence-corrected chi connectivity index (χ2v) is 10.5. The zero-order valence-corrected chi connectivity index (χ0v) is 20.1. The van der Waals surface area contributed by atoms with Crippen molar-refractivity contribution in [2.75, 3.05) is 0 Å². The lowest BCUT2D eigenvalue weighted by atomic mass is 10.1. The van der Waals surface area contributed by atoms with Crippen molar-refractivity contribution in [2.45, 2.75) is 18.4 Å². The third-order valence-corrected chi connectivity index (χ3v) is 8.33. The van der Waals surface area contributed by atoms with E-state index in [0.29, 0.717) is 12.1 Å². The van der Waals surface area contributed by atoms with Crippen LogP contribution in [0, 0.1) is 6.92 Å². The largest absolute Gasteiger partial charge is 0.338 e. The fraction of sp³-hybridized carbons (Fsp3) is 0.0667. The molecule has 0 unspecified atom stereocenters. The summed E-state index contributed by atoms with van der Waals surface area (Å²) in [6, 6.07) is 36.8. The third-order valence-electron chi connectivity index (χ3n) is 6.61. The van der Waals surface area contributed by atoms with Crippen LogP contribution in [0.25, 0.3) is 33.1 Å². The molecular formula is C30H24N2O2S. The Morgan fingerprint density at radius 1 is 0.686 bits per heavy atom. The molecule has 35 heavy (non-hydrogen) atoms. The summed E-state index contributed by atoms with van der Waals surface area (Å²) in [7, 11) is -3.85. The van der Waals surface area contributed by atoms with Crippen LogP contribution >= 0.6 is 0 Å². The molecule has 0 fully saturated rings. The van der Waals surface area contributed by atoms with Crippen LogP contribution in [-0.4, -0.2) is 17.0 Å². The minimum Gasteiger partial charge on any atom is -0.338 e. The number of aromatic nitrogens is 2. The molecule has 0 aliphatic heterocycles. The average molecular weight is 477 g/mol. The highest BCUT2D eigenvalue weighted by atomic mass is 32.2. The van der Waals surface area contributed by atoms with E-state index in [2.05, 4.69) is 23.6 Å². The molecule has 0 saturated carbocycles. The SMILES string of the molecule is Cc1c2c3ccccc3n(S(=O)(=O)c3ccccc3)c2c(-c2ccccc2)n1Cc1ccccc1. The standard InChI is InChI=1S/C30H24N2O2S/c1-22-28-26-19-11-12-20-27(26)32(35(33,34)25-17-9-4-10-18-25)30(28)29(24-15-7-3-8-16-24)31(22)21-23-13-5-2-6-14-23/h2-20H,21H2,1H3. The van der Waals surface area contributed by atoms with E-state index < -0.39 is 10.0 Å².